The van der Waals surface area contributed by atoms with Crippen molar-refractivity contribution < 1.29 is 36.0 Å². The minimum Gasteiger partial charge on any atom is -0.369 e. The first kappa shape index (κ1) is 19.5. The average molecular weight is 382 g/mol. The van der Waals surface area contributed by atoms with Crippen LogP contribution >= 0.6 is 7.14 Å². The van der Waals surface area contributed by atoms with Gasteiger partial charge in [-0.05, 0) is 6.66 Å². The molecule has 0 aliphatic rings. The van der Waals surface area contributed by atoms with Gasteiger partial charge in [-0.2, -0.15) is 26.3 Å². The lowest BCUT2D eigenvalue weighted by Gasteiger charge is -2.35. The van der Waals surface area contributed by atoms with E-state index in [1.807, 2.05) is 0 Å². The van der Waals surface area contributed by atoms with Crippen molar-refractivity contribution in [2.45, 2.75) is 18.0 Å². The van der Waals surface area contributed by atoms with Gasteiger partial charge in [-0.3, -0.25) is 0 Å². The van der Waals surface area contributed by atoms with Gasteiger partial charge in [-0.15, -0.1) is 0 Å². The van der Waals surface area contributed by atoms with E-state index in [1.165, 1.54) is 30.3 Å². The van der Waals surface area contributed by atoms with Crippen LogP contribution < -0.4 is 10.6 Å². The smallest absolute Gasteiger partial charge is 0.369 e. The van der Waals surface area contributed by atoms with Gasteiger partial charge in [0, 0.05) is 16.2 Å². The average Bonchev–Trinajstić information content (AvgIpc) is 2.52. The van der Waals surface area contributed by atoms with E-state index in [2.05, 4.69) is 0 Å². The van der Waals surface area contributed by atoms with Crippen molar-refractivity contribution in [2.75, 3.05) is 6.66 Å². The molecule has 2 rings (SSSR count). The summed E-state index contributed by atoms with van der Waals surface area (Å²) in [5.74, 6) is 0. The molecule has 2 nitrogen and oxygen atoms in total. The molecule has 0 aliphatic heterocycles. The second kappa shape index (κ2) is 6.18. The molecule has 0 fully saturated rings. The summed E-state index contributed by atoms with van der Waals surface area (Å²) in [5, 5.41) is 9.06. The van der Waals surface area contributed by atoms with E-state index < -0.39 is 36.0 Å². The Hall–Kier alpha value is -1.79. The van der Waals surface area contributed by atoms with Gasteiger partial charge in [0.05, 0.1) is 0 Å². The highest BCUT2D eigenvalue weighted by atomic mass is 31.2. The molecule has 0 amide bonds. The molecule has 9 heteroatoms. The highest BCUT2D eigenvalue weighted by molar-refractivity contribution is 7.78. The molecule has 1 atom stereocenters. The predicted octanol–water partition coefficient (Wildman–Crippen LogP) is 3.94. The fourth-order valence-electron chi connectivity index (χ4n) is 2.47. The molecule has 0 spiro atoms. The maximum atomic E-state index is 13.2. The molecule has 2 aromatic carbocycles. The van der Waals surface area contributed by atoms with Crippen LogP contribution in [0.15, 0.2) is 54.6 Å². The number of alkyl halides is 6. The molecule has 0 aromatic heterocycles. The molecule has 1 N–H and O–H groups in total. The van der Waals surface area contributed by atoms with E-state index >= 15 is 0 Å². The standard InChI is InChI=1S/C16H13F6O2P/c1-25(24,11-7-3-2-4-8-11)13-10-6-5-9-12(13)14(23,15(17,18)19)16(20,21)22/h2-10,23H,1H3. The van der Waals surface area contributed by atoms with Gasteiger partial charge in [0.2, 0.25) is 0 Å². The first-order valence-corrected chi connectivity index (χ1v) is 9.08. The van der Waals surface area contributed by atoms with Crippen LogP contribution in [-0.4, -0.2) is 24.1 Å². The third-order valence-electron chi connectivity index (χ3n) is 3.82. The van der Waals surface area contributed by atoms with Crippen LogP contribution in [0.4, 0.5) is 26.3 Å². The Kier molecular flexibility index (Phi) is 4.83. The molecular formula is C16H13F6O2P. The third-order valence-corrected chi connectivity index (χ3v) is 6.42. The molecule has 1 unspecified atom stereocenters. The van der Waals surface area contributed by atoms with Crippen molar-refractivity contribution in [3.63, 3.8) is 0 Å². The summed E-state index contributed by atoms with van der Waals surface area (Å²) in [6.45, 7) is 1.06. The third kappa shape index (κ3) is 3.20. The lowest BCUT2D eigenvalue weighted by Crippen LogP contribution is -2.56. The highest BCUT2D eigenvalue weighted by Gasteiger charge is 2.72. The largest absolute Gasteiger partial charge is 0.430 e. The maximum Gasteiger partial charge on any atom is 0.430 e. The van der Waals surface area contributed by atoms with E-state index in [-0.39, 0.29) is 5.30 Å². The molecule has 0 saturated carbocycles. The van der Waals surface area contributed by atoms with E-state index in [4.69, 9.17) is 0 Å². The number of rotatable bonds is 3. The lowest BCUT2D eigenvalue weighted by molar-refractivity contribution is -0.375. The van der Waals surface area contributed by atoms with Crippen molar-refractivity contribution >= 4 is 17.8 Å². The molecule has 0 bridgehead atoms. The van der Waals surface area contributed by atoms with Gasteiger partial charge in [0.25, 0.3) is 5.60 Å². The molecule has 136 valence electrons. The van der Waals surface area contributed by atoms with Crippen LogP contribution in [0.5, 0.6) is 0 Å². The van der Waals surface area contributed by atoms with Gasteiger partial charge in [0.1, 0.15) is 7.14 Å². The Bertz CT molecular complexity index is 784. The van der Waals surface area contributed by atoms with Gasteiger partial charge in [-0.25, -0.2) is 0 Å². The minimum absolute atomic E-state index is 0.0779. The predicted molar refractivity (Wildman–Crippen MR) is 81.7 cm³/mol. The summed E-state index contributed by atoms with van der Waals surface area (Å²) >= 11 is 0. The minimum atomic E-state index is -6.04. The monoisotopic (exact) mass is 382 g/mol. The van der Waals surface area contributed by atoms with Crippen molar-refractivity contribution in [1.82, 2.24) is 0 Å². The number of aliphatic hydroxyl groups is 1. The Labute approximate surface area is 139 Å². The Morgan fingerprint density at radius 3 is 1.72 bits per heavy atom. The van der Waals surface area contributed by atoms with Crippen LogP contribution in [0.2, 0.25) is 0 Å². The normalized spacial score (nSPS) is 15.7. The van der Waals surface area contributed by atoms with Gasteiger partial charge in [0.15, 0.2) is 0 Å². The maximum absolute atomic E-state index is 13.2. The van der Waals surface area contributed by atoms with Crippen LogP contribution in [0.1, 0.15) is 5.56 Å². The fraction of sp³-hybridized carbons (Fsp3) is 0.250. The van der Waals surface area contributed by atoms with E-state index in [9.17, 15) is 36.0 Å². The quantitative estimate of drug-likeness (QED) is 0.645. The number of halogens is 6. The highest BCUT2D eigenvalue weighted by Crippen LogP contribution is 2.52. The number of benzene rings is 2. The van der Waals surface area contributed by atoms with Crippen molar-refractivity contribution in [2.24, 2.45) is 0 Å². The Morgan fingerprint density at radius 1 is 0.800 bits per heavy atom. The Balaban J connectivity index is 2.80. The topological polar surface area (TPSA) is 37.3 Å². The van der Waals surface area contributed by atoms with Gasteiger partial charge >= 0.3 is 12.4 Å². The summed E-state index contributed by atoms with van der Waals surface area (Å²) in [4.78, 5) is 0. The summed E-state index contributed by atoms with van der Waals surface area (Å²) < 4.78 is 92.3. The summed E-state index contributed by atoms with van der Waals surface area (Å²) in [7, 11) is -3.83. The molecule has 0 radical (unpaired) electrons. The summed E-state index contributed by atoms with van der Waals surface area (Å²) in [5.41, 5.74) is -6.61. The molecule has 0 heterocycles. The number of hydrogen-bond donors (Lipinski definition) is 1. The van der Waals surface area contributed by atoms with Gasteiger partial charge in [-0.1, -0.05) is 54.6 Å². The SMILES string of the molecule is CP(=O)(c1ccccc1)c1ccccc1C(O)(C(F)(F)F)C(F)(F)F. The first-order chi connectivity index (χ1) is 11.3. The summed E-state index contributed by atoms with van der Waals surface area (Å²) in [6, 6.07) is 10.7. The second-order valence-electron chi connectivity index (χ2n) is 5.48. The van der Waals surface area contributed by atoms with E-state index in [0.29, 0.717) is 6.07 Å². The molecule has 0 saturated heterocycles. The molecule has 2 aromatic rings. The first-order valence-electron chi connectivity index (χ1n) is 6.92. The number of hydrogen-bond acceptors (Lipinski definition) is 2. The second-order valence-corrected chi connectivity index (χ2v) is 8.33. The van der Waals surface area contributed by atoms with E-state index in [0.717, 1.165) is 18.8 Å². The van der Waals surface area contributed by atoms with Gasteiger partial charge < -0.3 is 9.67 Å². The van der Waals surface area contributed by atoms with E-state index in [1.54, 1.807) is 6.07 Å². The lowest BCUT2D eigenvalue weighted by atomic mass is 9.92. The van der Waals surface area contributed by atoms with Crippen molar-refractivity contribution in [3.8, 4) is 0 Å². The molecule has 0 aliphatic carbocycles. The molecule has 25 heavy (non-hydrogen) atoms. The zero-order chi connectivity index (χ0) is 19.1. The van der Waals surface area contributed by atoms with Crippen LogP contribution in [0.25, 0.3) is 0 Å². The van der Waals surface area contributed by atoms with Crippen molar-refractivity contribution in [3.05, 3.63) is 60.2 Å². The van der Waals surface area contributed by atoms with Crippen molar-refractivity contribution in [1.29, 1.82) is 0 Å². The van der Waals surface area contributed by atoms with Crippen LogP contribution in [-0.2, 0) is 10.2 Å². The zero-order valence-electron chi connectivity index (χ0n) is 12.8. The summed E-state index contributed by atoms with van der Waals surface area (Å²) in [6.07, 6.45) is -12.1. The van der Waals surface area contributed by atoms with Crippen LogP contribution in [0.3, 0.4) is 0 Å². The Morgan fingerprint density at radius 2 is 1.24 bits per heavy atom. The molecular weight excluding hydrogens is 369 g/mol. The zero-order valence-corrected chi connectivity index (χ0v) is 13.7. The fourth-order valence-corrected chi connectivity index (χ4v) is 4.56. The van der Waals surface area contributed by atoms with Crippen LogP contribution in [0, 0.1) is 0 Å².